The van der Waals surface area contributed by atoms with Crippen molar-refractivity contribution in [2.75, 3.05) is 0 Å². The highest BCUT2D eigenvalue weighted by Crippen LogP contribution is 2.37. The van der Waals surface area contributed by atoms with Crippen LogP contribution in [0, 0.1) is 11.7 Å². The average Bonchev–Trinajstić information content (AvgIpc) is 3.46. The molecular weight excluding hydrogens is 405 g/mol. The molecule has 0 atom stereocenters. The van der Waals surface area contributed by atoms with Gasteiger partial charge >= 0.3 is 5.97 Å². The van der Waals surface area contributed by atoms with Crippen LogP contribution in [0.3, 0.4) is 0 Å². The smallest absolute Gasteiger partial charge is 0.338 e. The lowest BCUT2D eigenvalue weighted by Crippen LogP contribution is -2.04. The summed E-state index contributed by atoms with van der Waals surface area (Å²) in [6.07, 6.45) is 2.30. The minimum atomic E-state index is -1.28. The number of hydrogen-bond acceptors (Lipinski definition) is 2. The summed E-state index contributed by atoms with van der Waals surface area (Å²) in [6, 6.07) is 17.6. The van der Waals surface area contributed by atoms with Crippen LogP contribution in [0.2, 0.25) is 0 Å². The summed E-state index contributed by atoms with van der Waals surface area (Å²) in [5.41, 5.74) is 3.67. The van der Waals surface area contributed by atoms with Crippen molar-refractivity contribution < 1.29 is 14.3 Å². The molecule has 6 heteroatoms. The Morgan fingerprint density at radius 1 is 1.03 bits per heavy atom. The first kappa shape index (κ1) is 19.0. The average molecular weight is 427 g/mol. The van der Waals surface area contributed by atoms with E-state index in [1.54, 1.807) is 6.07 Å². The standard InChI is InChI=1S/C26H22FN3O2/c1-2-29-20-6-4-3-5-17(20)19-13-16(9-11-21(19)29)25-28-24-22(30(25)14-15-7-8-15)12-10-18(23(24)27)26(31)32/h3-6,9-13,15H,2,7-8,14H2,1H3,(H,31,32). The molecule has 32 heavy (non-hydrogen) atoms. The Morgan fingerprint density at radius 2 is 1.78 bits per heavy atom. The molecule has 0 unspecified atom stereocenters. The van der Waals surface area contributed by atoms with Gasteiger partial charge in [0.15, 0.2) is 5.82 Å². The summed E-state index contributed by atoms with van der Waals surface area (Å²) < 4.78 is 19.4. The highest BCUT2D eigenvalue weighted by molar-refractivity contribution is 6.09. The second-order valence-electron chi connectivity index (χ2n) is 8.58. The summed E-state index contributed by atoms with van der Waals surface area (Å²) in [4.78, 5) is 16.1. The molecule has 1 aliphatic rings. The highest BCUT2D eigenvalue weighted by Gasteiger charge is 2.27. The molecule has 160 valence electrons. The Morgan fingerprint density at radius 3 is 2.53 bits per heavy atom. The fourth-order valence-electron chi connectivity index (χ4n) is 4.82. The van der Waals surface area contributed by atoms with E-state index in [2.05, 4.69) is 45.3 Å². The minimum absolute atomic E-state index is 0.122. The Hall–Kier alpha value is -3.67. The van der Waals surface area contributed by atoms with Crippen molar-refractivity contribution in [2.45, 2.75) is 32.9 Å². The maximum absolute atomic E-state index is 15.0. The lowest BCUT2D eigenvalue weighted by molar-refractivity contribution is 0.0692. The number of nitrogens with zero attached hydrogens (tertiary/aromatic N) is 3. The molecule has 2 aromatic heterocycles. The predicted molar refractivity (Wildman–Crippen MR) is 123 cm³/mol. The molecule has 3 aromatic carbocycles. The van der Waals surface area contributed by atoms with Crippen molar-refractivity contribution in [2.24, 2.45) is 5.92 Å². The zero-order valence-electron chi connectivity index (χ0n) is 17.7. The Labute approximate surface area is 183 Å². The number of aromatic nitrogens is 3. The molecule has 5 aromatic rings. The highest BCUT2D eigenvalue weighted by atomic mass is 19.1. The number of halogens is 1. The van der Waals surface area contributed by atoms with Crippen LogP contribution < -0.4 is 0 Å². The summed E-state index contributed by atoms with van der Waals surface area (Å²) in [6.45, 7) is 3.76. The number of benzene rings is 3. The van der Waals surface area contributed by atoms with Gasteiger partial charge < -0.3 is 14.2 Å². The second-order valence-corrected chi connectivity index (χ2v) is 8.58. The monoisotopic (exact) mass is 427 g/mol. The van der Waals surface area contributed by atoms with E-state index in [0.29, 0.717) is 17.3 Å². The van der Waals surface area contributed by atoms with Crippen LogP contribution >= 0.6 is 0 Å². The normalized spacial score (nSPS) is 14.1. The molecule has 0 amide bonds. The van der Waals surface area contributed by atoms with Crippen molar-refractivity contribution in [1.82, 2.24) is 14.1 Å². The third-order valence-electron chi connectivity index (χ3n) is 6.57. The molecule has 0 spiro atoms. The van der Waals surface area contributed by atoms with Crippen LogP contribution in [0.15, 0.2) is 54.6 Å². The number of fused-ring (bicyclic) bond motifs is 4. The van der Waals surface area contributed by atoms with E-state index in [-0.39, 0.29) is 11.1 Å². The molecule has 1 fully saturated rings. The van der Waals surface area contributed by atoms with Crippen molar-refractivity contribution >= 4 is 38.8 Å². The van der Waals surface area contributed by atoms with Crippen LogP contribution in [0.25, 0.3) is 44.2 Å². The van der Waals surface area contributed by atoms with Crippen molar-refractivity contribution in [1.29, 1.82) is 0 Å². The van der Waals surface area contributed by atoms with Gasteiger partial charge in [-0.1, -0.05) is 18.2 Å². The predicted octanol–water partition coefficient (Wildman–Crippen LogP) is 6.08. The second kappa shape index (κ2) is 6.92. The first-order chi connectivity index (χ1) is 15.6. The van der Waals surface area contributed by atoms with Gasteiger partial charge in [-0.3, -0.25) is 0 Å². The first-order valence-electron chi connectivity index (χ1n) is 11.0. The van der Waals surface area contributed by atoms with Crippen molar-refractivity contribution in [3.8, 4) is 11.4 Å². The molecule has 1 aliphatic carbocycles. The summed E-state index contributed by atoms with van der Waals surface area (Å²) in [7, 11) is 0. The van der Waals surface area contributed by atoms with Crippen LogP contribution in [0.1, 0.15) is 30.1 Å². The number of hydrogen-bond donors (Lipinski definition) is 1. The number of imidazole rings is 1. The molecule has 0 saturated heterocycles. The van der Waals surface area contributed by atoms with Gasteiger partial charge in [0.25, 0.3) is 0 Å². The zero-order valence-corrected chi connectivity index (χ0v) is 17.7. The summed E-state index contributed by atoms with van der Waals surface area (Å²) in [5, 5.41) is 11.7. The van der Waals surface area contributed by atoms with Gasteiger partial charge in [0.05, 0.1) is 11.1 Å². The van der Waals surface area contributed by atoms with Gasteiger partial charge in [0.1, 0.15) is 11.3 Å². The van der Waals surface area contributed by atoms with E-state index in [1.807, 2.05) is 18.2 Å². The summed E-state index contributed by atoms with van der Waals surface area (Å²) >= 11 is 0. The molecule has 0 bridgehead atoms. The SMILES string of the molecule is CCn1c2ccccc2c2cc(-c3nc4c(F)c(C(=O)O)ccc4n3CC3CC3)ccc21. The Kier molecular flexibility index (Phi) is 4.12. The fraction of sp³-hybridized carbons (Fsp3) is 0.231. The molecule has 5 nitrogen and oxygen atoms in total. The molecule has 1 N–H and O–H groups in total. The largest absolute Gasteiger partial charge is 0.478 e. The van der Waals surface area contributed by atoms with Crippen molar-refractivity contribution in [3.05, 3.63) is 66.0 Å². The number of para-hydroxylation sites is 1. The molecule has 1 saturated carbocycles. The Bertz CT molecular complexity index is 1540. The molecule has 0 aliphatic heterocycles. The Balaban J connectivity index is 1.62. The van der Waals surface area contributed by atoms with E-state index >= 15 is 4.39 Å². The van der Waals surface area contributed by atoms with Crippen molar-refractivity contribution in [3.63, 3.8) is 0 Å². The van der Waals surface area contributed by atoms with Crippen LogP contribution in [-0.2, 0) is 13.1 Å². The zero-order chi connectivity index (χ0) is 22.0. The van der Waals surface area contributed by atoms with Gasteiger partial charge in [-0.05, 0) is 62.1 Å². The van der Waals surface area contributed by atoms with E-state index in [9.17, 15) is 9.90 Å². The molecule has 2 heterocycles. The van der Waals surface area contributed by atoms with E-state index < -0.39 is 11.8 Å². The van der Waals surface area contributed by atoms with Crippen LogP contribution in [-0.4, -0.2) is 25.2 Å². The van der Waals surface area contributed by atoms with Gasteiger partial charge in [-0.15, -0.1) is 0 Å². The van der Waals surface area contributed by atoms with Crippen LogP contribution in [0.5, 0.6) is 0 Å². The maximum atomic E-state index is 15.0. The van der Waals surface area contributed by atoms with E-state index in [0.717, 1.165) is 42.4 Å². The lowest BCUT2D eigenvalue weighted by Gasteiger charge is -2.09. The minimum Gasteiger partial charge on any atom is -0.478 e. The number of rotatable bonds is 5. The molecular formula is C26H22FN3O2. The van der Waals surface area contributed by atoms with E-state index in [4.69, 9.17) is 0 Å². The number of carbonyl (C=O) groups is 1. The number of aromatic carboxylic acids is 1. The summed E-state index contributed by atoms with van der Waals surface area (Å²) in [5.74, 6) is -0.811. The number of carboxylic acid groups (broad SMARTS) is 1. The third kappa shape index (κ3) is 2.75. The molecule has 0 radical (unpaired) electrons. The third-order valence-corrected chi connectivity index (χ3v) is 6.57. The number of carboxylic acids is 1. The lowest BCUT2D eigenvalue weighted by atomic mass is 10.1. The van der Waals surface area contributed by atoms with Gasteiger partial charge in [-0.2, -0.15) is 0 Å². The fourth-order valence-corrected chi connectivity index (χ4v) is 4.82. The first-order valence-corrected chi connectivity index (χ1v) is 11.0. The quantitative estimate of drug-likeness (QED) is 0.370. The van der Waals surface area contributed by atoms with Gasteiger partial charge in [0.2, 0.25) is 0 Å². The molecule has 6 rings (SSSR count). The van der Waals surface area contributed by atoms with E-state index in [1.165, 1.54) is 17.0 Å². The van der Waals surface area contributed by atoms with Crippen LogP contribution in [0.4, 0.5) is 4.39 Å². The van der Waals surface area contributed by atoms with Gasteiger partial charge in [-0.25, -0.2) is 14.2 Å². The topological polar surface area (TPSA) is 60.1 Å². The van der Waals surface area contributed by atoms with Gasteiger partial charge in [0, 0.05) is 40.5 Å². The number of aryl methyl sites for hydroxylation is 1. The maximum Gasteiger partial charge on any atom is 0.338 e.